The zero-order valence-electron chi connectivity index (χ0n) is 9.65. The molecule has 4 nitrogen and oxygen atoms in total. The topological polar surface area (TPSA) is 69.2 Å². The van der Waals surface area contributed by atoms with Crippen LogP contribution in [-0.2, 0) is 6.42 Å². The van der Waals surface area contributed by atoms with Crippen LogP contribution < -0.4 is 5.73 Å². The van der Waals surface area contributed by atoms with Gasteiger partial charge in [-0.2, -0.15) is 0 Å². The highest BCUT2D eigenvalue weighted by atomic mass is 79.9. The van der Waals surface area contributed by atoms with Crippen LogP contribution in [-0.4, -0.2) is 11.0 Å². The van der Waals surface area contributed by atoms with E-state index in [2.05, 4.69) is 15.9 Å². The third-order valence-corrected chi connectivity index (χ3v) is 4.39. The molecule has 0 aliphatic heterocycles. The number of non-ortho nitro benzene ring substituents is 1. The summed E-state index contributed by atoms with van der Waals surface area (Å²) in [5.41, 5.74) is 7.41. The molecule has 1 aromatic carbocycles. The minimum atomic E-state index is -0.382. The Labute approximate surface area is 108 Å². The molecule has 0 aromatic heterocycles. The number of halogens is 1. The molecule has 0 spiro atoms. The van der Waals surface area contributed by atoms with Gasteiger partial charge in [0.25, 0.3) is 5.69 Å². The summed E-state index contributed by atoms with van der Waals surface area (Å²) in [5.74, 6) is 0. The number of nitro groups is 1. The highest BCUT2D eigenvalue weighted by Crippen LogP contribution is 2.51. The Morgan fingerprint density at radius 2 is 2.24 bits per heavy atom. The van der Waals surface area contributed by atoms with Crippen molar-refractivity contribution >= 4 is 21.6 Å². The molecule has 1 aliphatic rings. The van der Waals surface area contributed by atoms with E-state index in [1.807, 2.05) is 13.0 Å². The Morgan fingerprint density at radius 1 is 1.59 bits per heavy atom. The van der Waals surface area contributed by atoms with Crippen molar-refractivity contribution in [1.82, 2.24) is 0 Å². The van der Waals surface area contributed by atoms with Gasteiger partial charge in [0.15, 0.2) is 0 Å². The van der Waals surface area contributed by atoms with Crippen LogP contribution in [0.5, 0.6) is 0 Å². The molecule has 2 N–H and O–H groups in total. The van der Waals surface area contributed by atoms with Gasteiger partial charge in [0.05, 0.1) is 4.92 Å². The summed E-state index contributed by atoms with van der Waals surface area (Å²) in [6.07, 6.45) is 3.19. The average Bonchev–Trinajstić information content (AvgIpc) is 3.02. The average molecular weight is 299 g/mol. The maximum Gasteiger partial charge on any atom is 0.270 e. The first-order chi connectivity index (χ1) is 7.94. The van der Waals surface area contributed by atoms with Gasteiger partial charge in [-0.25, -0.2) is 0 Å². The van der Waals surface area contributed by atoms with Gasteiger partial charge < -0.3 is 5.73 Å². The second-order valence-electron chi connectivity index (χ2n) is 4.86. The summed E-state index contributed by atoms with van der Waals surface area (Å²) in [7, 11) is 0. The molecule has 1 fully saturated rings. The molecular formula is C12H15BrN2O2. The predicted octanol–water partition coefficient (Wildman–Crippen LogP) is 3.03. The molecule has 2 rings (SSSR count). The first-order valence-corrected chi connectivity index (χ1v) is 6.42. The number of rotatable bonds is 4. The van der Waals surface area contributed by atoms with Crippen LogP contribution in [0.3, 0.4) is 0 Å². The van der Waals surface area contributed by atoms with Crippen LogP contribution in [0, 0.1) is 15.5 Å². The number of nitrogens with zero attached hydrogens (tertiary/aromatic N) is 1. The molecule has 1 saturated carbocycles. The lowest BCUT2D eigenvalue weighted by molar-refractivity contribution is -0.384. The van der Waals surface area contributed by atoms with Crippen LogP contribution in [0.1, 0.15) is 25.3 Å². The fraction of sp³-hybridized carbons (Fsp3) is 0.500. The van der Waals surface area contributed by atoms with Gasteiger partial charge in [0.2, 0.25) is 0 Å². The van der Waals surface area contributed by atoms with Crippen molar-refractivity contribution in [1.29, 1.82) is 0 Å². The van der Waals surface area contributed by atoms with Crippen LogP contribution in [0.4, 0.5) is 5.69 Å². The van der Waals surface area contributed by atoms with Gasteiger partial charge in [0, 0.05) is 22.6 Å². The third-order valence-electron chi connectivity index (χ3n) is 3.65. The summed E-state index contributed by atoms with van der Waals surface area (Å²) in [4.78, 5) is 10.3. The van der Waals surface area contributed by atoms with Gasteiger partial charge in [-0.3, -0.25) is 10.1 Å². The minimum absolute atomic E-state index is 0.117. The van der Waals surface area contributed by atoms with Crippen molar-refractivity contribution in [2.45, 2.75) is 32.2 Å². The fourth-order valence-electron chi connectivity index (χ4n) is 2.13. The van der Waals surface area contributed by atoms with Crippen molar-refractivity contribution in [3.05, 3.63) is 38.3 Å². The molecule has 1 aromatic rings. The Morgan fingerprint density at radius 3 is 2.65 bits per heavy atom. The molecule has 5 heteroatoms. The van der Waals surface area contributed by atoms with E-state index in [0.29, 0.717) is 0 Å². The maximum absolute atomic E-state index is 10.6. The maximum atomic E-state index is 10.6. The van der Waals surface area contributed by atoms with Crippen molar-refractivity contribution in [3.8, 4) is 0 Å². The zero-order chi connectivity index (χ0) is 12.6. The number of nitrogens with two attached hydrogens (primary N) is 1. The number of hydrogen-bond donors (Lipinski definition) is 1. The Balaban J connectivity index is 2.20. The molecule has 1 unspecified atom stereocenters. The third kappa shape index (κ3) is 2.50. The Bertz CT molecular complexity index is 456. The monoisotopic (exact) mass is 298 g/mol. The van der Waals surface area contributed by atoms with E-state index < -0.39 is 0 Å². The predicted molar refractivity (Wildman–Crippen MR) is 69.8 cm³/mol. The van der Waals surface area contributed by atoms with E-state index in [0.717, 1.165) is 29.3 Å². The molecule has 1 atom stereocenters. The first kappa shape index (κ1) is 12.5. The number of nitro benzene ring substituents is 1. The Hall–Kier alpha value is -0.940. The van der Waals surface area contributed by atoms with E-state index in [-0.39, 0.29) is 22.1 Å². The van der Waals surface area contributed by atoms with Crippen molar-refractivity contribution in [2.24, 2.45) is 11.1 Å². The lowest BCUT2D eigenvalue weighted by Crippen LogP contribution is -2.29. The molecule has 0 bridgehead atoms. The number of hydrogen-bond acceptors (Lipinski definition) is 3. The lowest BCUT2D eigenvalue weighted by Gasteiger charge is -2.20. The van der Waals surface area contributed by atoms with Gasteiger partial charge in [-0.15, -0.1) is 0 Å². The van der Waals surface area contributed by atoms with Gasteiger partial charge in [-0.1, -0.05) is 22.0 Å². The largest absolute Gasteiger partial charge is 0.327 e. The van der Waals surface area contributed by atoms with E-state index >= 15 is 0 Å². The smallest absolute Gasteiger partial charge is 0.270 e. The summed E-state index contributed by atoms with van der Waals surface area (Å²) in [6.45, 7) is 2.03. The summed E-state index contributed by atoms with van der Waals surface area (Å²) in [5, 5.41) is 10.6. The molecule has 92 valence electrons. The molecule has 17 heavy (non-hydrogen) atoms. The summed E-state index contributed by atoms with van der Waals surface area (Å²) >= 11 is 3.40. The van der Waals surface area contributed by atoms with Crippen LogP contribution >= 0.6 is 15.9 Å². The highest BCUT2D eigenvalue weighted by Gasteiger charge is 2.45. The molecule has 0 radical (unpaired) electrons. The van der Waals surface area contributed by atoms with Crippen molar-refractivity contribution in [3.63, 3.8) is 0 Å². The summed E-state index contributed by atoms with van der Waals surface area (Å²) < 4.78 is 0.804. The Kier molecular flexibility index (Phi) is 3.23. The quantitative estimate of drug-likeness (QED) is 0.686. The van der Waals surface area contributed by atoms with Gasteiger partial charge >= 0.3 is 0 Å². The molecule has 0 heterocycles. The zero-order valence-corrected chi connectivity index (χ0v) is 11.2. The van der Waals surface area contributed by atoms with Crippen molar-refractivity contribution in [2.75, 3.05) is 0 Å². The molecule has 1 aliphatic carbocycles. The van der Waals surface area contributed by atoms with Gasteiger partial charge in [0.1, 0.15) is 0 Å². The normalized spacial score (nSPS) is 18.8. The fourth-order valence-corrected chi connectivity index (χ4v) is 2.63. The highest BCUT2D eigenvalue weighted by molar-refractivity contribution is 9.10. The molecule has 0 amide bonds. The molecule has 0 saturated heterocycles. The van der Waals surface area contributed by atoms with Crippen LogP contribution in [0.25, 0.3) is 0 Å². The van der Waals surface area contributed by atoms with E-state index in [4.69, 9.17) is 5.73 Å². The van der Waals surface area contributed by atoms with Crippen LogP contribution in [0.15, 0.2) is 22.7 Å². The van der Waals surface area contributed by atoms with Crippen LogP contribution in [0.2, 0.25) is 0 Å². The van der Waals surface area contributed by atoms with E-state index in [1.165, 1.54) is 0 Å². The lowest BCUT2D eigenvalue weighted by atomic mass is 9.90. The van der Waals surface area contributed by atoms with Crippen molar-refractivity contribution < 1.29 is 4.92 Å². The second kappa shape index (κ2) is 4.38. The minimum Gasteiger partial charge on any atom is -0.327 e. The summed E-state index contributed by atoms with van der Waals surface area (Å²) in [6, 6.07) is 5.11. The first-order valence-electron chi connectivity index (χ1n) is 5.63. The van der Waals surface area contributed by atoms with E-state index in [1.54, 1.807) is 12.1 Å². The van der Waals surface area contributed by atoms with Gasteiger partial charge in [-0.05, 0) is 37.2 Å². The van der Waals surface area contributed by atoms with E-state index in [9.17, 15) is 10.1 Å². The standard InChI is InChI=1S/C12H15BrN2O2/c1-8(14)12(4-5-12)7-9-2-3-10(15(16)17)6-11(9)13/h2-3,6,8H,4-5,7,14H2,1H3. The SMILES string of the molecule is CC(N)C1(Cc2ccc([N+](=O)[O-])cc2Br)CC1. The molecular weight excluding hydrogens is 284 g/mol. The second-order valence-corrected chi connectivity index (χ2v) is 5.71. The number of benzene rings is 1.